The van der Waals surface area contributed by atoms with Gasteiger partial charge >= 0.3 is 0 Å². The number of benzene rings is 2. The summed E-state index contributed by atoms with van der Waals surface area (Å²) in [5.74, 6) is 0.661. The topological polar surface area (TPSA) is 55.2 Å². The molecule has 0 unspecified atom stereocenters. The summed E-state index contributed by atoms with van der Waals surface area (Å²) in [5, 5.41) is 1.10. The van der Waals surface area contributed by atoms with Gasteiger partial charge in [-0.15, -0.1) is 11.8 Å². The standard InChI is InChI=1S/C18H14ClN3O2S/c19-12-5-6-16-15(9-12)22(7-8-25-16)17(23)10-21-11-20-14-4-2-1-3-13(14)18(21)24/h1-6,9,11H,7-8,10H2. The van der Waals surface area contributed by atoms with Crippen LogP contribution in [0.2, 0.25) is 5.02 Å². The number of nitrogens with zero attached hydrogens (tertiary/aromatic N) is 3. The van der Waals surface area contributed by atoms with E-state index in [0.717, 1.165) is 16.3 Å². The number of hydrogen-bond donors (Lipinski definition) is 0. The highest BCUT2D eigenvalue weighted by molar-refractivity contribution is 7.99. The first-order valence-corrected chi connectivity index (χ1v) is 9.17. The maximum atomic E-state index is 12.8. The molecule has 0 spiro atoms. The molecule has 0 bridgehead atoms. The van der Waals surface area contributed by atoms with Gasteiger partial charge in [0.25, 0.3) is 5.56 Å². The third-order valence-electron chi connectivity index (χ3n) is 4.12. The van der Waals surface area contributed by atoms with E-state index in [1.165, 1.54) is 10.9 Å². The van der Waals surface area contributed by atoms with Gasteiger partial charge in [-0.25, -0.2) is 4.98 Å². The van der Waals surface area contributed by atoms with E-state index in [1.807, 2.05) is 18.2 Å². The molecular formula is C18H14ClN3O2S. The molecule has 0 N–H and O–H groups in total. The van der Waals surface area contributed by atoms with Crippen LogP contribution >= 0.6 is 23.4 Å². The molecule has 5 nitrogen and oxygen atoms in total. The quantitative estimate of drug-likeness (QED) is 0.694. The van der Waals surface area contributed by atoms with Crippen LogP contribution in [0.25, 0.3) is 10.9 Å². The first-order chi connectivity index (χ1) is 12.1. The highest BCUT2D eigenvalue weighted by Crippen LogP contribution is 2.36. The van der Waals surface area contributed by atoms with Gasteiger partial charge in [0.15, 0.2) is 0 Å². The summed E-state index contributed by atoms with van der Waals surface area (Å²) in [6.07, 6.45) is 1.43. The SMILES string of the molecule is O=C(Cn1cnc2ccccc2c1=O)N1CCSc2ccc(Cl)cc21. The molecule has 25 heavy (non-hydrogen) atoms. The first kappa shape index (κ1) is 16.2. The number of rotatable bonds is 2. The van der Waals surface area contributed by atoms with Crippen LogP contribution in [0.4, 0.5) is 5.69 Å². The van der Waals surface area contributed by atoms with Gasteiger partial charge in [0, 0.05) is 22.2 Å². The number of carbonyl (C=O) groups is 1. The van der Waals surface area contributed by atoms with Crippen molar-refractivity contribution in [3.05, 3.63) is 64.2 Å². The molecule has 7 heteroatoms. The van der Waals surface area contributed by atoms with E-state index in [4.69, 9.17) is 11.6 Å². The Balaban J connectivity index is 1.67. The van der Waals surface area contributed by atoms with Crippen LogP contribution < -0.4 is 10.5 Å². The Morgan fingerprint density at radius 3 is 2.96 bits per heavy atom. The summed E-state index contributed by atoms with van der Waals surface area (Å²) in [4.78, 5) is 32.4. The molecular weight excluding hydrogens is 358 g/mol. The van der Waals surface area contributed by atoms with Crippen molar-refractivity contribution in [1.29, 1.82) is 0 Å². The van der Waals surface area contributed by atoms with Crippen molar-refractivity contribution in [3.63, 3.8) is 0 Å². The predicted octanol–water partition coefficient (Wildman–Crippen LogP) is 3.19. The van der Waals surface area contributed by atoms with Crippen molar-refractivity contribution in [2.24, 2.45) is 0 Å². The fourth-order valence-electron chi connectivity index (χ4n) is 2.90. The van der Waals surface area contributed by atoms with Crippen LogP contribution in [0.5, 0.6) is 0 Å². The van der Waals surface area contributed by atoms with Crippen molar-refractivity contribution in [2.45, 2.75) is 11.4 Å². The Bertz CT molecular complexity index is 1030. The van der Waals surface area contributed by atoms with E-state index in [2.05, 4.69) is 4.98 Å². The zero-order valence-electron chi connectivity index (χ0n) is 13.2. The number of halogens is 1. The lowest BCUT2D eigenvalue weighted by Gasteiger charge is -2.29. The molecule has 0 radical (unpaired) electrons. The fourth-order valence-corrected chi connectivity index (χ4v) is 4.04. The third kappa shape index (κ3) is 3.03. The highest BCUT2D eigenvalue weighted by atomic mass is 35.5. The normalized spacial score (nSPS) is 13.7. The van der Waals surface area contributed by atoms with Gasteiger partial charge in [0.2, 0.25) is 5.91 Å². The Morgan fingerprint density at radius 1 is 1.24 bits per heavy atom. The molecule has 3 aromatic rings. The lowest BCUT2D eigenvalue weighted by molar-refractivity contribution is -0.119. The second-order valence-electron chi connectivity index (χ2n) is 5.70. The summed E-state index contributed by atoms with van der Waals surface area (Å²) in [6, 6.07) is 12.7. The van der Waals surface area contributed by atoms with Gasteiger partial charge in [-0.1, -0.05) is 23.7 Å². The van der Waals surface area contributed by atoms with Crippen LogP contribution in [0.3, 0.4) is 0 Å². The molecule has 1 aromatic heterocycles. The summed E-state index contributed by atoms with van der Waals surface area (Å²) in [7, 11) is 0. The maximum absolute atomic E-state index is 12.8. The average Bonchev–Trinajstić information content (AvgIpc) is 2.63. The van der Waals surface area contributed by atoms with Crippen molar-refractivity contribution in [1.82, 2.24) is 9.55 Å². The number of para-hydroxylation sites is 1. The third-order valence-corrected chi connectivity index (χ3v) is 5.40. The number of aromatic nitrogens is 2. The molecule has 4 rings (SSSR count). The van der Waals surface area contributed by atoms with Crippen molar-refractivity contribution < 1.29 is 4.79 Å². The average molecular weight is 372 g/mol. The Morgan fingerprint density at radius 2 is 2.08 bits per heavy atom. The van der Waals surface area contributed by atoms with Gasteiger partial charge in [-0.05, 0) is 30.3 Å². The number of fused-ring (bicyclic) bond motifs is 2. The van der Waals surface area contributed by atoms with Gasteiger partial charge in [0.05, 0.1) is 22.9 Å². The lowest BCUT2D eigenvalue weighted by atomic mass is 10.2. The van der Waals surface area contributed by atoms with Gasteiger partial charge < -0.3 is 4.90 Å². The molecule has 1 aliphatic rings. The summed E-state index contributed by atoms with van der Waals surface area (Å²) < 4.78 is 1.36. The van der Waals surface area contributed by atoms with Crippen LogP contribution in [0, 0.1) is 0 Å². The molecule has 0 saturated heterocycles. The van der Waals surface area contributed by atoms with Crippen LogP contribution in [0.15, 0.2) is 58.5 Å². The Hall–Kier alpha value is -2.31. The summed E-state index contributed by atoms with van der Waals surface area (Å²) in [5.41, 5.74) is 1.22. The number of hydrogen-bond acceptors (Lipinski definition) is 4. The van der Waals surface area contributed by atoms with E-state index in [1.54, 1.807) is 40.9 Å². The summed E-state index contributed by atoms with van der Waals surface area (Å²) in [6.45, 7) is 0.542. The van der Waals surface area contributed by atoms with Gasteiger partial charge in [-0.3, -0.25) is 14.2 Å². The van der Waals surface area contributed by atoms with Crippen LogP contribution in [-0.4, -0.2) is 27.8 Å². The molecule has 0 atom stereocenters. The summed E-state index contributed by atoms with van der Waals surface area (Å²) >= 11 is 7.78. The second kappa shape index (κ2) is 6.54. The van der Waals surface area contributed by atoms with Crippen LogP contribution in [-0.2, 0) is 11.3 Å². The van der Waals surface area contributed by atoms with Gasteiger partial charge in [0.1, 0.15) is 6.54 Å². The van der Waals surface area contributed by atoms with Crippen molar-refractivity contribution in [2.75, 3.05) is 17.2 Å². The molecule has 2 heterocycles. The van der Waals surface area contributed by atoms with Gasteiger partial charge in [-0.2, -0.15) is 0 Å². The molecule has 2 aromatic carbocycles. The van der Waals surface area contributed by atoms with Crippen molar-refractivity contribution in [3.8, 4) is 0 Å². The number of carbonyl (C=O) groups excluding carboxylic acids is 1. The fraction of sp³-hybridized carbons (Fsp3) is 0.167. The van der Waals surface area contributed by atoms with E-state index in [9.17, 15) is 9.59 Å². The zero-order valence-corrected chi connectivity index (χ0v) is 14.8. The number of thioether (sulfide) groups is 1. The molecule has 1 amide bonds. The predicted molar refractivity (Wildman–Crippen MR) is 101 cm³/mol. The Kier molecular flexibility index (Phi) is 4.23. The van der Waals surface area contributed by atoms with E-state index in [-0.39, 0.29) is 18.0 Å². The van der Waals surface area contributed by atoms with Crippen LogP contribution in [0.1, 0.15) is 0 Å². The molecule has 0 saturated carbocycles. The second-order valence-corrected chi connectivity index (χ2v) is 7.27. The first-order valence-electron chi connectivity index (χ1n) is 7.80. The number of amides is 1. The minimum atomic E-state index is -0.211. The highest BCUT2D eigenvalue weighted by Gasteiger charge is 2.23. The van der Waals surface area contributed by atoms with E-state index < -0.39 is 0 Å². The zero-order chi connectivity index (χ0) is 17.4. The minimum absolute atomic E-state index is 0.0483. The van der Waals surface area contributed by atoms with Crippen molar-refractivity contribution >= 4 is 45.9 Å². The van der Waals surface area contributed by atoms with E-state index in [0.29, 0.717) is 22.5 Å². The van der Waals surface area contributed by atoms with E-state index >= 15 is 0 Å². The monoisotopic (exact) mass is 371 g/mol. The minimum Gasteiger partial charge on any atom is -0.309 e. The molecule has 0 aliphatic carbocycles. The molecule has 1 aliphatic heterocycles. The largest absolute Gasteiger partial charge is 0.309 e. The lowest BCUT2D eigenvalue weighted by Crippen LogP contribution is -2.39. The number of anilines is 1. The Labute approximate surface area is 153 Å². The smallest absolute Gasteiger partial charge is 0.261 e. The molecule has 0 fully saturated rings. The molecule has 126 valence electrons. The maximum Gasteiger partial charge on any atom is 0.261 e.